The van der Waals surface area contributed by atoms with E-state index in [0.717, 1.165) is 39.3 Å². The third-order valence-electron chi connectivity index (χ3n) is 6.67. The van der Waals surface area contributed by atoms with Crippen LogP contribution >= 0.6 is 11.3 Å². The molecule has 3 amide bonds. The molecule has 226 valence electrons. The van der Waals surface area contributed by atoms with E-state index < -0.39 is 27.9 Å². The Kier molecular flexibility index (Phi) is 10.5. The fourth-order valence-corrected chi connectivity index (χ4v) is 7.26. The van der Waals surface area contributed by atoms with Crippen molar-refractivity contribution in [2.75, 3.05) is 31.6 Å². The molecular weight excluding hydrogens is 592 g/mol. The van der Waals surface area contributed by atoms with E-state index >= 15 is 0 Å². The number of carbonyl (C=O) groups is 3. The molecule has 4 N–H and O–H groups in total. The predicted octanol–water partition coefficient (Wildman–Crippen LogP) is 3.73. The molecule has 0 spiro atoms. The van der Waals surface area contributed by atoms with Crippen LogP contribution in [0.4, 0.5) is 9.80 Å². The molecule has 0 fully saturated rings. The van der Waals surface area contributed by atoms with Gasteiger partial charge in [0.15, 0.2) is 0 Å². The van der Waals surface area contributed by atoms with Gasteiger partial charge in [-0.15, -0.1) is 11.3 Å². The van der Waals surface area contributed by atoms with E-state index in [9.17, 15) is 22.8 Å². The van der Waals surface area contributed by atoms with Gasteiger partial charge in [0.25, 0.3) is 11.8 Å². The number of amides is 3. The minimum Gasteiger partial charge on any atom is -0.450 e. The van der Waals surface area contributed by atoms with Crippen molar-refractivity contribution < 1.29 is 27.5 Å². The number of rotatable bonds is 12. The lowest BCUT2D eigenvalue weighted by molar-refractivity contribution is 0.0924. The van der Waals surface area contributed by atoms with Gasteiger partial charge in [0.2, 0.25) is 10.0 Å². The highest BCUT2D eigenvalue weighted by molar-refractivity contribution is 7.89. The lowest BCUT2D eigenvalue weighted by Crippen LogP contribution is -2.34. The van der Waals surface area contributed by atoms with Gasteiger partial charge in [-0.05, 0) is 48.7 Å². The SMILES string of the molecule is CCOC(=O)NC(=O)c1c(NC(=O)c2ccc(S(=O)(=O)N(CC=N)CC=N)cc2)sc2c1CCN(Cc1ccccc1)C2. The third-order valence-corrected chi connectivity index (χ3v) is 9.65. The zero-order valence-corrected chi connectivity index (χ0v) is 25.1. The van der Waals surface area contributed by atoms with Gasteiger partial charge in [0.1, 0.15) is 5.00 Å². The Hall–Kier alpha value is -4.24. The zero-order valence-electron chi connectivity index (χ0n) is 23.5. The molecule has 0 aliphatic carbocycles. The van der Waals surface area contributed by atoms with E-state index in [0.29, 0.717) is 19.5 Å². The molecule has 43 heavy (non-hydrogen) atoms. The summed E-state index contributed by atoms with van der Waals surface area (Å²) in [4.78, 5) is 41.6. The van der Waals surface area contributed by atoms with E-state index in [4.69, 9.17) is 15.6 Å². The Morgan fingerprint density at radius 2 is 1.70 bits per heavy atom. The second-order valence-electron chi connectivity index (χ2n) is 9.54. The van der Waals surface area contributed by atoms with Crippen molar-refractivity contribution >= 4 is 56.7 Å². The lowest BCUT2D eigenvalue weighted by Gasteiger charge is -2.27. The summed E-state index contributed by atoms with van der Waals surface area (Å²) in [6, 6.07) is 15.3. The lowest BCUT2D eigenvalue weighted by atomic mass is 10.0. The molecular formula is C29H32N6O6S2. The molecule has 2 heterocycles. The van der Waals surface area contributed by atoms with Crippen LogP contribution in [-0.4, -0.2) is 74.2 Å². The van der Waals surface area contributed by atoms with Crippen molar-refractivity contribution in [2.45, 2.75) is 31.3 Å². The number of carbonyl (C=O) groups excluding carboxylic acids is 3. The maximum absolute atomic E-state index is 13.3. The molecule has 0 saturated heterocycles. The van der Waals surface area contributed by atoms with Gasteiger partial charge >= 0.3 is 6.09 Å². The maximum atomic E-state index is 13.3. The molecule has 0 atom stereocenters. The van der Waals surface area contributed by atoms with E-state index in [1.165, 1.54) is 35.6 Å². The van der Waals surface area contributed by atoms with Gasteiger partial charge in [-0.3, -0.25) is 19.8 Å². The number of fused-ring (bicyclic) bond motifs is 1. The van der Waals surface area contributed by atoms with Gasteiger partial charge in [-0.1, -0.05) is 30.3 Å². The highest BCUT2D eigenvalue weighted by Gasteiger charge is 2.30. The van der Waals surface area contributed by atoms with E-state index in [1.54, 1.807) is 6.92 Å². The topological polar surface area (TPSA) is 173 Å². The number of thiophene rings is 1. The first-order valence-corrected chi connectivity index (χ1v) is 15.7. The Labute approximate surface area is 253 Å². The maximum Gasteiger partial charge on any atom is 0.414 e. The zero-order chi connectivity index (χ0) is 31.0. The third kappa shape index (κ3) is 7.59. The summed E-state index contributed by atoms with van der Waals surface area (Å²) in [7, 11) is -3.99. The highest BCUT2D eigenvalue weighted by Crippen LogP contribution is 2.38. The van der Waals surface area contributed by atoms with Crippen LogP contribution in [0.25, 0.3) is 0 Å². The van der Waals surface area contributed by atoms with Crippen LogP contribution < -0.4 is 10.6 Å². The minimum atomic E-state index is -3.99. The van der Waals surface area contributed by atoms with Crippen molar-refractivity contribution in [3.8, 4) is 0 Å². The molecule has 0 unspecified atom stereocenters. The van der Waals surface area contributed by atoms with Gasteiger partial charge in [-0.2, -0.15) is 4.31 Å². The van der Waals surface area contributed by atoms with E-state index in [1.807, 2.05) is 30.3 Å². The first-order valence-electron chi connectivity index (χ1n) is 13.5. The Morgan fingerprint density at radius 3 is 2.33 bits per heavy atom. The number of benzene rings is 2. The van der Waals surface area contributed by atoms with E-state index in [2.05, 4.69) is 15.5 Å². The predicted molar refractivity (Wildman–Crippen MR) is 164 cm³/mol. The van der Waals surface area contributed by atoms with Crippen molar-refractivity contribution in [3.05, 3.63) is 81.7 Å². The van der Waals surface area contributed by atoms with Gasteiger partial charge in [0.05, 0.1) is 17.1 Å². The number of nitrogens with one attached hydrogen (secondary N) is 4. The van der Waals surface area contributed by atoms with Crippen LogP contribution in [0.2, 0.25) is 0 Å². The number of sulfonamides is 1. The molecule has 3 aromatic rings. The van der Waals surface area contributed by atoms with Crippen LogP contribution in [0.1, 0.15) is 43.6 Å². The largest absolute Gasteiger partial charge is 0.450 e. The number of nitrogens with zero attached hydrogens (tertiary/aromatic N) is 2. The summed E-state index contributed by atoms with van der Waals surface area (Å²) in [5.74, 6) is -1.24. The smallest absolute Gasteiger partial charge is 0.414 e. The molecule has 14 heteroatoms. The second-order valence-corrected chi connectivity index (χ2v) is 12.6. The number of imide groups is 1. The number of anilines is 1. The summed E-state index contributed by atoms with van der Waals surface area (Å²) in [6.07, 6.45) is 1.51. The average Bonchev–Trinajstić information content (AvgIpc) is 3.34. The molecule has 12 nitrogen and oxygen atoms in total. The van der Waals surface area contributed by atoms with Crippen LogP contribution in [0.15, 0.2) is 59.5 Å². The van der Waals surface area contributed by atoms with Crippen molar-refractivity contribution in [3.63, 3.8) is 0 Å². The molecule has 4 rings (SSSR count). The summed E-state index contributed by atoms with van der Waals surface area (Å²) in [5, 5.41) is 19.8. The standard InChI is InChI=1S/C29H32N6O6S2/c1-2-41-29(38)33-27(37)25-23-12-15-34(18-20-6-4-3-5-7-20)19-24(23)42-28(25)32-26(36)21-8-10-22(11-9-21)43(39,40)35(16-13-30)17-14-31/h3-11,13-14,30-31H,2,12,15-19H2,1H3,(H,32,36)(H,33,37,38). The second kappa shape index (κ2) is 14.3. The molecule has 0 saturated carbocycles. The highest BCUT2D eigenvalue weighted by atomic mass is 32.2. The Balaban J connectivity index is 1.58. The molecule has 1 aliphatic rings. The average molecular weight is 625 g/mol. The number of alkyl carbamates (subject to hydrolysis) is 1. The first-order chi connectivity index (χ1) is 20.7. The van der Waals surface area contributed by atoms with Crippen LogP contribution in [-0.2, 0) is 34.3 Å². The monoisotopic (exact) mass is 624 g/mol. The quantitative estimate of drug-likeness (QED) is 0.222. The summed E-state index contributed by atoms with van der Waals surface area (Å²) < 4.78 is 31.7. The van der Waals surface area contributed by atoms with Crippen molar-refractivity contribution in [2.24, 2.45) is 0 Å². The molecule has 1 aliphatic heterocycles. The number of hydrogen-bond acceptors (Lipinski definition) is 10. The molecule has 0 radical (unpaired) electrons. The molecule has 1 aromatic heterocycles. The first kappa shape index (κ1) is 31.7. The van der Waals surface area contributed by atoms with Crippen molar-refractivity contribution in [1.29, 1.82) is 10.8 Å². The Bertz CT molecular complexity index is 1600. The van der Waals surface area contributed by atoms with Crippen LogP contribution in [0, 0.1) is 10.8 Å². The van der Waals surface area contributed by atoms with Gasteiger partial charge in [-0.25, -0.2) is 13.2 Å². The fraction of sp³-hybridized carbons (Fsp3) is 0.276. The van der Waals surface area contributed by atoms with Gasteiger partial charge < -0.3 is 20.9 Å². The summed E-state index contributed by atoms with van der Waals surface area (Å²) in [6.45, 7) is 3.28. The minimum absolute atomic E-state index is 0.0884. The molecule has 0 bridgehead atoms. The van der Waals surface area contributed by atoms with Crippen LogP contribution in [0.5, 0.6) is 0 Å². The van der Waals surface area contributed by atoms with Gasteiger partial charge in [0, 0.05) is 55.6 Å². The van der Waals surface area contributed by atoms with E-state index in [-0.39, 0.29) is 40.7 Å². The summed E-state index contributed by atoms with van der Waals surface area (Å²) >= 11 is 1.26. The van der Waals surface area contributed by atoms with Crippen LogP contribution in [0.3, 0.4) is 0 Å². The molecule has 2 aromatic carbocycles. The normalized spacial score (nSPS) is 13.2. The van der Waals surface area contributed by atoms with Crippen molar-refractivity contribution in [1.82, 2.24) is 14.5 Å². The Morgan fingerprint density at radius 1 is 1.02 bits per heavy atom. The number of ether oxygens (including phenoxy) is 1. The fourth-order valence-electron chi connectivity index (χ4n) is 4.66. The number of hydrogen-bond donors (Lipinski definition) is 4. The summed E-state index contributed by atoms with van der Waals surface area (Å²) in [5.41, 5.74) is 2.26.